The maximum Gasteiger partial charge on any atom is 0.408 e. The van der Waals surface area contributed by atoms with Crippen molar-refractivity contribution in [1.29, 1.82) is 0 Å². The minimum atomic E-state index is -4.35. The fourth-order valence-electron chi connectivity index (χ4n) is 1.88. The Balaban J connectivity index is 2.11. The molecule has 1 aromatic heterocycles. The molecule has 0 fully saturated rings. The van der Waals surface area contributed by atoms with Gasteiger partial charge in [0.15, 0.2) is 0 Å². The number of rotatable bonds is 3. The number of halogens is 3. The van der Waals surface area contributed by atoms with Crippen molar-refractivity contribution in [3.8, 4) is 0 Å². The predicted octanol–water partition coefficient (Wildman–Crippen LogP) is 3.31. The van der Waals surface area contributed by atoms with Crippen molar-refractivity contribution >= 4 is 11.6 Å². The molecule has 7 heteroatoms. The van der Waals surface area contributed by atoms with Gasteiger partial charge in [-0.2, -0.15) is 18.3 Å². The molecule has 0 aliphatic rings. The Labute approximate surface area is 119 Å². The number of carbonyl (C=O) groups excluding carboxylic acids is 1. The summed E-state index contributed by atoms with van der Waals surface area (Å²) in [5, 5.41) is 6.11. The molecule has 1 aromatic carbocycles. The number of carbonyl (C=O) groups is 1. The van der Waals surface area contributed by atoms with Crippen molar-refractivity contribution in [2.75, 3.05) is 5.32 Å². The fourth-order valence-corrected chi connectivity index (χ4v) is 1.88. The molecule has 0 atom stereocenters. The van der Waals surface area contributed by atoms with E-state index in [0.29, 0.717) is 5.56 Å². The third-order valence-electron chi connectivity index (χ3n) is 2.87. The third kappa shape index (κ3) is 4.08. The van der Waals surface area contributed by atoms with Crippen LogP contribution in [0, 0.1) is 13.8 Å². The first-order valence-corrected chi connectivity index (χ1v) is 6.22. The predicted molar refractivity (Wildman–Crippen MR) is 72.2 cm³/mol. The zero-order valence-electron chi connectivity index (χ0n) is 11.5. The molecule has 1 N–H and O–H groups in total. The van der Waals surface area contributed by atoms with Gasteiger partial charge in [0.2, 0.25) is 0 Å². The van der Waals surface area contributed by atoms with Gasteiger partial charge in [0, 0.05) is 11.8 Å². The van der Waals surface area contributed by atoms with Crippen LogP contribution in [0.4, 0.5) is 18.9 Å². The molecular weight excluding hydrogens is 283 g/mol. The van der Waals surface area contributed by atoms with Crippen molar-refractivity contribution in [3.63, 3.8) is 0 Å². The Morgan fingerprint density at radius 3 is 2.71 bits per heavy atom. The average Bonchev–Trinajstić information content (AvgIpc) is 2.77. The van der Waals surface area contributed by atoms with Gasteiger partial charge in [-0.3, -0.25) is 9.48 Å². The molecule has 0 unspecified atom stereocenters. The Kier molecular flexibility index (Phi) is 4.02. The van der Waals surface area contributed by atoms with Crippen LogP contribution in [0.15, 0.2) is 30.6 Å². The summed E-state index contributed by atoms with van der Waals surface area (Å²) in [6, 6.07) is 5.43. The molecule has 0 radical (unpaired) electrons. The molecular formula is C14H14F3N3O. The molecule has 0 bridgehead atoms. The topological polar surface area (TPSA) is 46.9 Å². The number of aryl methyl sites for hydroxylation is 2. The lowest BCUT2D eigenvalue weighted by Gasteiger charge is -2.07. The summed E-state index contributed by atoms with van der Waals surface area (Å²) in [7, 11) is 0. The molecule has 0 saturated heterocycles. The summed E-state index contributed by atoms with van der Waals surface area (Å²) in [4.78, 5) is 12.1. The van der Waals surface area contributed by atoms with Crippen LogP contribution < -0.4 is 5.32 Å². The second-order valence-electron chi connectivity index (χ2n) is 4.81. The van der Waals surface area contributed by atoms with Gasteiger partial charge in [-0.05, 0) is 25.5 Å². The number of hydrogen-bond donors (Lipinski definition) is 1. The van der Waals surface area contributed by atoms with Crippen LogP contribution in [-0.4, -0.2) is 21.9 Å². The van der Waals surface area contributed by atoms with Crippen LogP contribution in [-0.2, 0) is 6.54 Å². The molecule has 21 heavy (non-hydrogen) atoms. The van der Waals surface area contributed by atoms with E-state index in [1.165, 1.54) is 6.20 Å². The number of benzene rings is 1. The smallest absolute Gasteiger partial charge is 0.319 e. The van der Waals surface area contributed by atoms with Gasteiger partial charge in [-0.15, -0.1) is 0 Å². The second kappa shape index (κ2) is 5.59. The van der Waals surface area contributed by atoms with E-state index in [0.717, 1.165) is 22.0 Å². The normalized spacial score (nSPS) is 11.5. The highest BCUT2D eigenvalue weighted by Gasteiger charge is 2.28. The van der Waals surface area contributed by atoms with E-state index in [9.17, 15) is 18.0 Å². The van der Waals surface area contributed by atoms with Gasteiger partial charge in [-0.1, -0.05) is 17.7 Å². The molecule has 4 nitrogen and oxygen atoms in total. The number of nitrogens with zero attached hydrogens (tertiary/aromatic N) is 2. The molecule has 0 spiro atoms. The molecule has 0 aliphatic carbocycles. The largest absolute Gasteiger partial charge is 0.408 e. The van der Waals surface area contributed by atoms with Crippen molar-refractivity contribution in [2.45, 2.75) is 26.6 Å². The number of nitrogens with one attached hydrogen (secondary N) is 1. The summed E-state index contributed by atoms with van der Waals surface area (Å²) < 4.78 is 37.4. The highest BCUT2D eigenvalue weighted by Crippen LogP contribution is 2.19. The lowest BCUT2D eigenvalue weighted by Crippen LogP contribution is -2.18. The molecule has 0 aliphatic heterocycles. The van der Waals surface area contributed by atoms with E-state index in [4.69, 9.17) is 0 Å². The molecule has 112 valence electrons. The number of aromatic nitrogens is 2. The molecule has 1 heterocycles. The monoisotopic (exact) mass is 297 g/mol. The lowest BCUT2D eigenvalue weighted by atomic mass is 10.1. The van der Waals surface area contributed by atoms with E-state index in [1.807, 2.05) is 19.1 Å². The number of anilines is 1. The van der Waals surface area contributed by atoms with Crippen molar-refractivity contribution < 1.29 is 18.0 Å². The van der Waals surface area contributed by atoms with E-state index in [-0.39, 0.29) is 11.6 Å². The van der Waals surface area contributed by atoms with Gasteiger partial charge < -0.3 is 5.32 Å². The van der Waals surface area contributed by atoms with E-state index in [1.54, 1.807) is 13.0 Å². The standard InChI is InChI=1S/C14H14F3N3O/c1-9-3-4-10(2)12(5-9)13(21)19-11-6-18-20(7-11)8-14(15,16)17/h3-7H,8H2,1-2H3,(H,19,21). The first-order valence-electron chi connectivity index (χ1n) is 6.22. The van der Waals surface area contributed by atoms with Gasteiger partial charge >= 0.3 is 6.18 Å². The van der Waals surface area contributed by atoms with Crippen molar-refractivity contribution in [2.24, 2.45) is 0 Å². The first-order chi connectivity index (χ1) is 9.74. The van der Waals surface area contributed by atoms with Crippen LogP contribution in [0.2, 0.25) is 0 Å². The Morgan fingerprint density at radius 1 is 1.33 bits per heavy atom. The number of amides is 1. The van der Waals surface area contributed by atoms with Crippen molar-refractivity contribution in [1.82, 2.24) is 9.78 Å². The van der Waals surface area contributed by atoms with Crippen LogP contribution in [0.1, 0.15) is 21.5 Å². The Hall–Kier alpha value is -2.31. The third-order valence-corrected chi connectivity index (χ3v) is 2.87. The highest BCUT2D eigenvalue weighted by atomic mass is 19.4. The maximum atomic E-state index is 12.2. The molecule has 2 rings (SSSR count). The highest BCUT2D eigenvalue weighted by molar-refractivity contribution is 6.05. The Bertz CT molecular complexity index is 662. The van der Waals surface area contributed by atoms with Gasteiger partial charge in [0.1, 0.15) is 6.54 Å². The van der Waals surface area contributed by atoms with Crippen LogP contribution in [0.25, 0.3) is 0 Å². The summed E-state index contributed by atoms with van der Waals surface area (Å²) in [5.41, 5.74) is 2.43. The maximum absolute atomic E-state index is 12.2. The SMILES string of the molecule is Cc1ccc(C)c(C(=O)Nc2cnn(CC(F)(F)F)c2)c1. The minimum Gasteiger partial charge on any atom is -0.319 e. The number of hydrogen-bond acceptors (Lipinski definition) is 2. The second-order valence-corrected chi connectivity index (χ2v) is 4.81. The molecule has 0 saturated carbocycles. The lowest BCUT2D eigenvalue weighted by molar-refractivity contribution is -0.142. The minimum absolute atomic E-state index is 0.227. The summed E-state index contributed by atoms with van der Waals surface area (Å²) in [6.45, 7) is 2.46. The zero-order chi connectivity index (χ0) is 15.6. The van der Waals surface area contributed by atoms with Gasteiger partial charge in [-0.25, -0.2) is 0 Å². The van der Waals surface area contributed by atoms with Crippen LogP contribution >= 0.6 is 0 Å². The fraction of sp³-hybridized carbons (Fsp3) is 0.286. The van der Waals surface area contributed by atoms with Crippen LogP contribution in [0.3, 0.4) is 0 Å². The first kappa shape index (κ1) is 15.1. The van der Waals surface area contributed by atoms with E-state index >= 15 is 0 Å². The molecule has 1 amide bonds. The molecule has 2 aromatic rings. The quantitative estimate of drug-likeness (QED) is 0.944. The van der Waals surface area contributed by atoms with Gasteiger partial charge in [0.05, 0.1) is 11.9 Å². The van der Waals surface area contributed by atoms with Gasteiger partial charge in [0.25, 0.3) is 5.91 Å². The zero-order valence-corrected chi connectivity index (χ0v) is 11.5. The van der Waals surface area contributed by atoms with Crippen molar-refractivity contribution in [3.05, 3.63) is 47.3 Å². The van der Waals surface area contributed by atoms with Crippen LogP contribution in [0.5, 0.6) is 0 Å². The van der Waals surface area contributed by atoms with E-state index in [2.05, 4.69) is 10.4 Å². The average molecular weight is 297 g/mol. The Morgan fingerprint density at radius 2 is 2.05 bits per heavy atom. The summed E-state index contributed by atoms with van der Waals surface area (Å²) in [5.74, 6) is -0.372. The summed E-state index contributed by atoms with van der Waals surface area (Å²) >= 11 is 0. The number of alkyl halides is 3. The van der Waals surface area contributed by atoms with E-state index < -0.39 is 12.7 Å². The summed E-state index contributed by atoms with van der Waals surface area (Å²) in [6.07, 6.45) is -2.01.